The van der Waals surface area contributed by atoms with E-state index in [0.29, 0.717) is 33.0 Å². The third-order valence-corrected chi connectivity index (χ3v) is 9.92. The van der Waals surface area contributed by atoms with Crippen LogP contribution in [0.25, 0.3) is 0 Å². The lowest BCUT2D eigenvalue weighted by molar-refractivity contribution is -0.0744. The summed E-state index contributed by atoms with van der Waals surface area (Å²) >= 11 is 0. The van der Waals surface area contributed by atoms with Crippen LogP contribution in [0.1, 0.15) is 42.5 Å². The van der Waals surface area contributed by atoms with Gasteiger partial charge in [0.1, 0.15) is 6.10 Å². The van der Waals surface area contributed by atoms with Gasteiger partial charge in [0.25, 0.3) is 0 Å². The summed E-state index contributed by atoms with van der Waals surface area (Å²) in [4.78, 5) is 0. The number of rotatable bonds is 24. The quantitative estimate of drug-likeness (QED) is 0.0661. The van der Waals surface area contributed by atoms with Gasteiger partial charge in [0.05, 0.1) is 51.8 Å². The van der Waals surface area contributed by atoms with E-state index in [4.69, 9.17) is 36.4 Å². The van der Waals surface area contributed by atoms with Gasteiger partial charge >= 0.3 is 17.2 Å². The van der Waals surface area contributed by atoms with Crippen LogP contribution in [0.2, 0.25) is 0 Å². The minimum Gasteiger partial charge on any atom is -0.373 e. The number of ether oxygens (including phenoxy) is 1. The Labute approximate surface area is 296 Å². The summed E-state index contributed by atoms with van der Waals surface area (Å²) in [6.07, 6.45) is 0.191. The van der Waals surface area contributed by atoms with Gasteiger partial charge in [0.2, 0.25) is 0 Å². The van der Waals surface area contributed by atoms with Gasteiger partial charge in [-0.05, 0) is 55.9 Å². The molecule has 0 heterocycles. The Hall–Kier alpha value is -2.15. The highest BCUT2D eigenvalue weighted by atomic mass is 31.2. The van der Waals surface area contributed by atoms with Crippen molar-refractivity contribution in [3.63, 3.8) is 0 Å². The van der Waals surface area contributed by atoms with Gasteiger partial charge < -0.3 is 36.4 Å². The molecule has 0 aromatic heterocycles. The molecule has 0 fully saturated rings. The van der Waals surface area contributed by atoms with E-state index in [1.54, 1.807) is 0 Å². The molecule has 0 radical (unpaired) electrons. The molecule has 0 amide bonds. The van der Waals surface area contributed by atoms with Crippen molar-refractivity contribution in [1.82, 2.24) is 0 Å². The molecule has 8 nitrogen and oxygen atoms in total. The molecule has 0 aliphatic heterocycles. The van der Waals surface area contributed by atoms with Gasteiger partial charge in [-0.2, -0.15) is 0 Å². The molecule has 0 aliphatic carbocycles. The zero-order chi connectivity index (χ0) is 34.6. The van der Waals surface area contributed by atoms with Crippen molar-refractivity contribution in [3.8, 4) is 0 Å². The predicted molar refractivity (Wildman–Crippen MR) is 199 cm³/mol. The molecule has 11 heteroatoms. The highest BCUT2D eigenvalue weighted by Gasteiger charge is 2.27. The smallest absolute Gasteiger partial charge is 0.333 e. The van der Waals surface area contributed by atoms with Crippen molar-refractivity contribution >= 4 is 25.4 Å². The Kier molecular flexibility index (Phi) is 18.3. The number of benzene rings is 4. The van der Waals surface area contributed by atoms with Crippen LogP contribution in [0.5, 0.6) is 0 Å². The first kappa shape index (κ1) is 39.6. The first-order valence-electron chi connectivity index (χ1n) is 16.4. The van der Waals surface area contributed by atoms with Crippen LogP contribution in [-0.2, 0) is 62.8 Å². The van der Waals surface area contributed by atoms with E-state index in [9.17, 15) is 0 Å². The van der Waals surface area contributed by atoms with E-state index in [-0.39, 0.29) is 13.2 Å². The van der Waals surface area contributed by atoms with Gasteiger partial charge in [0.15, 0.2) is 0 Å². The third kappa shape index (κ3) is 17.1. The highest BCUT2D eigenvalue weighted by Crippen LogP contribution is 2.46. The molecule has 0 N–H and O–H groups in total. The molecule has 0 saturated heterocycles. The number of hydrogen-bond donors (Lipinski definition) is 0. The van der Waals surface area contributed by atoms with Crippen LogP contribution in [-0.4, -0.2) is 44.9 Å². The normalized spacial score (nSPS) is 12.6. The zero-order valence-corrected chi connectivity index (χ0v) is 31.6. The average molecular weight is 727 g/mol. The van der Waals surface area contributed by atoms with Crippen LogP contribution in [0.15, 0.2) is 121 Å². The van der Waals surface area contributed by atoms with Crippen LogP contribution in [0, 0.1) is 0 Å². The van der Waals surface area contributed by atoms with Gasteiger partial charge in [-0.25, -0.2) is 0 Å². The van der Waals surface area contributed by atoms with Crippen LogP contribution in [0.3, 0.4) is 0 Å². The monoisotopic (exact) mass is 726 g/mol. The zero-order valence-electron chi connectivity index (χ0n) is 28.9. The Morgan fingerprint density at radius 2 is 0.878 bits per heavy atom. The van der Waals surface area contributed by atoms with Crippen molar-refractivity contribution in [2.75, 3.05) is 33.2 Å². The van der Waals surface area contributed by atoms with E-state index in [2.05, 4.69) is 27.2 Å². The van der Waals surface area contributed by atoms with Gasteiger partial charge in [-0.1, -0.05) is 121 Å². The molecule has 0 bridgehead atoms. The van der Waals surface area contributed by atoms with Crippen molar-refractivity contribution in [3.05, 3.63) is 144 Å². The standard InChI is InChI=1S/C38H49O8P3/c1-38(2,25-26-40-47(3)4)39-31-37(46-49(43-29-35-21-13-7-14-22-35)44-30-36-23-15-8-16-24-36)32-45-48(41-27-33-17-9-5-10-18-33)42-28-34-19-11-6-12-20-34/h5-24,37H,25-32H2,1-4H3. The molecule has 1 atom stereocenters. The van der Waals surface area contributed by atoms with Crippen molar-refractivity contribution in [2.24, 2.45) is 0 Å². The molecule has 49 heavy (non-hydrogen) atoms. The van der Waals surface area contributed by atoms with Crippen LogP contribution < -0.4 is 0 Å². The molecule has 264 valence electrons. The van der Waals surface area contributed by atoms with Crippen molar-refractivity contribution < 1.29 is 36.4 Å². The fourth-order valence-corrected chi connectivity index (χ4v) is 6.80. The Morgan fingerprint density at radius 1 is 0.490 bits per heavy atom. The van der Waals surface area contributed by atoms with E-state index in [1.165, 1.54) is 0 Å². The second-order valence-corrected chi connectivity index (χ2v) is 16.3. The summed E-state index contributed by atoms with van der Waals surface area (Å²) in [5.41, 5.74) is 3.63. The first-order chi connectivity index (χ1) is 23.8. The number of hydrogen-bond acceptors (Lipinski definition) is 8. The molecule has 4 rings (SSSR count). The largest absolute Gasteiger partial charge is 0.373 e. The molecular weight excluding hydrogens is 677 g/mol. The summed E-state index contributed by atoms with van der Waals surface area (Å²) in [5, 5.41) is 0. The highest BCUT2D eigenvalue weighted by molar-refractivity contribution is 7.50. The minimum atomic E-state index is -1.79. The second-order valence-electron chi connectivity index (χ2n) is 12.0. The van der Waals surface area contributed by atoms with E-state index in [0.717, 1.165) is 28.7 Å². The van der Waals surface area contributed by atoms with Crippen molar-refractivity contribution in [2.45, 2.75) is 58.4 Å². The third-order valence-electron chi connectivity index (χ3n) is 7.03. The average Bonchev–Trinajstić information content (AvgIpc) is 3.12. The summed E-state index contributed by atoms with van der Waals surface area (Å²) in [7, 11) is -3.97. The first-order valence-corrected chi connectivity index (χ1v) is 20.7. The maximum absolute atomic E-state index is 6.55. The van der Waals surface area contributed by atoms with Gasteiger partial charge in [0, 0.05) is 8.15 Å². The van der Waals surface area contributed by atoms with Crippen LogP contribution in [0.4, 0.5) is 0 Å². The fraction of sp³-hybridized carbons (Fsp3) is 0.368. The summed E-state index contributed by atoms with van der Waals surface area (Å²) in [6.45, 7) is 10.7. The lowest BCUT2D eigenvalue weighted by atomic mass is 10.1. The predicted octanol–water partition coefficient (Wildman–Crippen LogP) is 10.6. The van der Waals surface area contributed by atoms with Crippen LogP contribution >= 0.6 is 25.4 Å². The van der Waals surface area contributed by atoms with E-state index in [1.807, 2.05) is 121 Å². The topological polar surface area (TPSA) is 73.8 Å². The lowest BCUT2D eigenvalue weighted by Crippen LogP contribution is -2.33. The van der Waals surface area contributed by atoms with E-state index >= 15 is 0 Å². The van der Waals surface area contributed by atoms with Crippen molar-refractivity contribution in [1.29, 1.82) is 0 Å². The molecule has 0 spiro atoms. The molecular formula is C38H49O8P3. The summed E-state index contributed by atoms with van der Waals surface area (Å²) < 4.78 is 50.1. The Morgan fingerprint density at radius 3 is 1.27 bits per heavy atom. The maximum Gasteiger partial charge on any atom is 0.333 e. The molecule has 4 aromatic carbocycles. The molecule has 0 aliphatic rings. The molecule has 4 aromatic rings. The SMILES string of the molecule is CP(C)OCCC(C)(C)OCC(COP(OCc1ccccc1)OCc1ccccc1)OP(OCc1ccccc1)OCc1ccccc1. The second kappa shape index (κ2) is 22.6. The fourth-order valence-electron chi connectivity index (χ4n) is 4.26. The molecule has 1 unspecified atom stereocenters. The summed E-state index contributed by atoms with van der Waals surface area (Å²) in [6, 6.07) is 39.9. The Balaban J connectivity index is 1.46. The maximum atomic E-state index is 6.55. The van der Waals surface area contributed by atoms with E-state index < -0.39 is 37.1 Å². The van der Waals surface area contributed by atoms with Gasteiger partial charge in [-0.15, -0.1) is 0 Å². The molecule has 0 saturated carbocycles. The lowest BCUT2D eigenvalue weighted by Gasteiger charge is -2.30. The Bertz CT molecular complexity index is 1310. The minimum absolute atomic E-state index is 0.138. The summed E-state index contributed by atoms with van der Waals surface area (Å²) in [5.74, 6) is 0. The van der Waals surface area contributed by atoms with Gasteiger partial charge in [-0.3, -0.25) is 0 Å².